The molecule has 3 aromatic rings. The van der Waals surface area contributed by atoms with E-state index in [1.165, 1.54) is 6.07 Å². The van der Waals surface area contributed by atoms with Crippen LogP contribution in [0.1, 0.15) is 17.2 Å². The van der Waals surface area contributed by atoms with E-state index < -0.39 is 6.10 Å². The first kappa shape index (κ1) is 12.8. The highest BCUT2D eigenvalue weighted by molar-refractivity contribution is 5.83. The van der Waals surface area contributed by atoms with Crippen LogP contribution in [0.3, 0.4) is 0 Å². The number of hydrogen-bond acceptors (Lipinski definition) is 1. The van der Waals surface area contributed by atoms with Gasteiger partial charge in [0.05, 0.1) is 6.10 Å². The van der Waals surface area contributed by atoms with Gasteiger partial charge in [0.1, 0.15) is 5.82 Å². The first-order valence-corrected chi connectivity index (χ1v) is 6.64. The minimum absolute atomic E-state index is 0.348. The van der Waals surface area contributed by atoms with E-state index in [-0.39, 0.29) is 5.82 Å². The van der Waals surface area contributed by atoms with Crippen molar-refractivity contribution in [3.8, 4) is 0 Å². The lowest BCUT2D eigenvalue weighted by Crippen LogP contribution is -2.04. The average Bonchev–Trinajstić information content (AvgIpc) is 2.47. The van der Waals surface area contributed by atoms with E-state index in [0.717, 1.165) is 16.3 Å². The number of fused-ring (bicyclic) bond motifs is 1. The zero-order valence-corrected chi connectivity index (χ0v) is 11.0. The summed E-state index contributed by atoms with van der Waals surface area (Å²) in [5.74, 6) is -0.360. The molecule has 0 radical (unpaired) electrons. The predicted octanol–water partition coefficient (Wildman–Crippen LogP) is 4.26. The molecule has 1 N–H and O–H groups in total. The Morgan fingerprint density at radius 2 is 1.55 bits per heavy atom. The second-order valence-corrected chi connectivity index (χ2v) is 4.92. The van der Waals surface area contributed by atoms with Crippen LogP contribution in [-0.2, 0) is 6.42 Å². The summed E-state index contributed by atoms with van der Waals surface area (Å²) in [7, 11) is 0. The summed E-state index contributed by atoms with van der Waals surface area (Å²) in [6, 6.07) is 20.5. The first-order chi connectivity index (χ1) is 9.74. The van der Waals surface area contributed by atoms with E-state index in [2.05, 4.69) is 0 Å². The van der Waals surface area contributed by atoms with Gasteiger partial charge in [0.2, 0.25) is 0 Å². The van der Waals surface area contributed by atoms with Crippen molar-refractivity contribution < 1.29 is 9.50 Å². The number of benzene rings is 3. The summed E-state index contributed by atoms with van der Waals surface area (Å²) in [4.78, 5) is 0. The van der Waals surface area contributed by atoms with Crippen molar-refractivity contribution in [1.82, 2.24) is 0 Å². The third-order valence-corrected chi connectivity index (χ3v) is 3.51. The predicted molar refractivity (Wildman–Crippen MR) is 79.0 cm³/mol. The minimum Gasteiger partial charge on any atom is -0.388 e. The molecule has 2 heteroatoms. The van der Waals surface area contributed by atoms with Crippen molar-refractivity contribution >= 4 is 10.8 Å². The SMILES string of the molecule is OC(Cc1ccc2ccccc2c1)c1ccccc1F. The standard InChI is InChI=1S/C18H15FO/c19-17-8-4-3-7-16(17)18(20)12-13-9-10-14-5-1-2-6-15(14)11-13/h1-11,18,20H,12H2. The van der Waals surface area contributed by atoms with E-state index in [0.29, 0.717) is 12.0 Å². The number of aliphatic hydroxyl groups is 1. The maximum Gasteiger partial charge on any atom is 0.129 e. The van der Waals surface area contributed by atoms with Crippen molar-refractivity contribution in [2.24, 2.45) is 0 Å². The van der Waals surface area contributed by atoms with Gasteiger partial charge < -0.3 is 5.11 Å². The highest BCUT2D eigenvalue weighted by Gasteiger charge is 2.12. The van der Waals surface area contributed by atoms with E-state index in [9.17, 15) is 9.50 Å². The molecule has 0 amide bonds. The van der Waals surface area contributed by atoms with E-state index >= 15 is 0 Å². The monoisotopic (exact) mass is 266 g/mol. The van der Waals surface area contributed by atoms with Gasteiger partial charge in [-0.15, -0.1) is 0 Å². The second-order valence-electron chi connectivity index (χ2n) is 4.92. The fraction of sp³-hybridized carbons (Fsp3) is 0.111. The summed E-state index contributed by atoms with van der Waals surface area (Å²) in [6.07, 6.45) is -0.413. The van der Waals surface area contributed by atoms with Gasteiger partial charge in [-0.25, -0.2) is 4.39 Å². The summed E-state index contributed by atoms with van der Waals surface area (Å²) in [5, 5.41) is 12.5. The van der Waals surface area contributed by atoms with Crippen molar-refractivity contribution in [2.75, 3.05) is 0 Å². The Morgan fingerprint density at radius 3 is 2.35 bits per heavy atom. The van der Waals surface area contributed by atoms with Gasteiger partial charge >= 0.3 is 0 Å². The molecule has 1 atom stereocenters. The molecule has 0 aliphatic heterocycles. The van der Waals surface area contributed by atoms with Gasteiger partial charge in [0, 0.05) is 12.0 Å². The molecule has 20 heavy (non-hydrogen) atoms. The molecule has 3 rings (SSSR count). The van der Waals surface area contributed by atoms with Crippen molar-refractivity contribution in [3.05, 3.63) is 83.7 Å². The fourth-order valence-corrected chi connectivity index (χ4v) is 2.44. The maximum atomic E-state index is 13.6. The van der Waals surface area contributed by atoms with Gasteiger partial charge in [-0.2, -0.15) is 0 Å². The Kier molecular flexibility index (Phi) is 3.48. The highest BCUT2D eigenvalue weighted by atomic mass is 19.1. The van der Waals surface area contributed by atoms with Gasteiger partial charge in [-0.1, -0.05) is 60.7 Å². The first-order valence-electron chi connectivity index (χ1n) is 6.64. The van der Waals surface area contributed by atoms with E-state index in [1.807, 2.05) is 42.5 Å². The van der Waals surface area contributed by atoms with Crippen molar-refractivity contribution in [2.45, 2.75) is 12.5 Å². The Bertz CT molecular complexity index is 736. The second kappa shape index (κ2) is 5.43. The van der Waals surface area contributed by atoms with Crippen LogP contribution in [0.5, 0.6) is 0 Å². The van der Waals surface area contributed by atoms with Crippen LogP contribution < -0.4 is 0 Å². The summed E-state index contributed by atoms with van der Waals surface area (Å²) in [6.45, 7) is 0. The molecule has 0 saturated carbocycles. The Morgan fingerprint density at radius 1 is 0.850 bits per heavy atom. The minimum atomic E-state index is -0.822. The molecule has 100 valence electrons. The van der Waals surface area contributed by atoms with Gasteiger partial charge in [-0.05, 0) is 22.4 Å². The Hall–Kier alpha value is -2.19. The number of halogens is 1. The number of aliphatic hydroxyl groups excluding tert-OH is 1. The van der Waals surface area contributed by atoms with Crippen LogP contribution in [0.25, 0.3) is 10.8 Å². The lowest BCUT2D eigenvalue weighted by atomic mass is 9.99. The highest BCUT2D eigenvalue weighted by Crippen LogP contribution is 2.23. The Labute approximate surface area is 117 Å². The molecule has 0 aliphatic carbocycles. The molecule has 1 unspecified atom stereocenters. The summed E-state index contributed by atoms with van der Waals surface area (Å²) in [5.41, 5.74) is 1.35. The van der Waals surface area contributed by atoms with Gasteiger partial charge in [0.15, 0.2) is 0 Å². The third kappa shape index (κ3) is 2.56. The van der Waals surface area contributed by atoms with Crippen LogP contribution in [0, 0.1) is 5.82 Å². The molecule has 0 bridgehead atoms. The summed E-state index contributed by atoms with van der Waals surface area (Å²) < 4.78 is 13.6. The number of hydrogen-bond donors (Lipinski definition) is 1. The molecule has 0 aromatic heterocycles. The van der Waals surface area contributed by atoms with Gasteiger partial charge in [0.25, 0.3) is 0 Å². The third-order valence-electron chi connectivity index (χ3n) is 3.51. The Balaban J connectivity index is 1.87. The van der Waals surface area contributed by atoms with E-state index in [1.54, 1.807) is 18.2 Å². The molecule has 0 aliphatic rings. The van der Waals surface area contributed by atoms with Crippen LogP contribution in [0.2, 0.25) is 0 Å². The quantitative estimate of drug-likeness (QED) is 0.751. The van der Waals surface area contributed by atoms with E-state index in [4.69, 9.17) is 0 Å². The van der Waals surface area contributed by atoms with Crippen molar-refractivity contribution in [1.29, 1.82) is 0 Å². The van der Waals surface area contributed by atoms with Crippen LogP contribution >= 0.6 is 0 Å². The van der Waals surface area contributed by atoms with Crippen LogP contribution in [-0.4, -0.2) is 5.11 Å². The normalized spacial score (nSPS) is 12.5. The lowest BCUT2D eigenvalue weighted by Gasteiger charge is -2.12. The number of rotatable bonds is 3. The fourth-order valence-electron chi connectivity index (χ4n) is 2.44. The molecule has 0 spiro atoms. The lowest BCUT2D eigenvalue weighted by molar-refractivity contribution is 0.173. The molecule has 3 aromatic carbocycles. The zero-order valence-electron chi connectivity index (χ0n) is 11.0. The summed E-state index contributed by atoms with van der Waals surface area (Å²) >= 11 is 0. The topological polar surface area (TPSA) is 20.2 Å². The van der Waals surface area contributed by atoms with Crippen molar-refractivity contribution in [3.63, 3.8) is 0 Å². The zero-order chi connectivity index (χ0) is 13.9. The van der Waals surface area contributed by atoms with Gasteiger partial charge in [-0.3, -0.25) is 0 Å². The largest absolute Gasteiger partial charge is 0.388 e. The molecule has 1 nitrogen and oxygen atoms in total. The molecule has 0 fully saturated rings. The molecular weight excluding hydrogens is 251 g/mol. The van der Waals surface area contributed by atoms with Crippen LogP contribution in [0.15, 0.2) is 66.7 Å². The average molecular weight is 266 g/mol. The molecule has 0 saturated heterocycles. The van der Waals surface area contributed by atoms with Crippen LogP contribution in [0.4, 0.5) is 4.39 Å². The molecular formula is C18H15FO. The maximum absolute atomic E-state index is 13.6. The smallest absolute Gasteiger partial charge is 0.129 e. The molecule has 0 heterocycles.